The molecule has 0 radical (unpaired) electrons. The van der Waals surface area contributed by atoms with Crippen LogP contribution in [0.25, 0.3) is 0 Å². The second-order valence-electron chi connectivity index (χ2n) is 6.49. The van der Waals surface area contributed by atoms with Crippen LogP contribution < -0.4 is 0 Å². The maximum atomic E-state index is 12.9. The van der Waals surface area contributed by atoms with Gasteiger partial charge in [-0.25, -0.2) is 8.42 Å². The highest BCUT2D eigenvalue weighted by molar-refractivity contribution is 7.91. The van der Waals surface area contributed by atoms with Crippen LogP contribution in [0.1, 0.15) is 35.4 Å². The van der Waals surface area contributed by atoms with Crippen molar-refractivity contribution in [2.24, 2.45) is 0 Å². The van der Waals surface area contributed by atoms with Crippen LogP contribution in [0.3, 0.4) is 0 Å². The highest BCUT2D eigenvalue weighted by Gasteiger charge is 2.39. The number of hydrogen-bond donors (Lipinski definition) is 0. The zero-order valence-electron chi connectivity index (χ0n) is 13.7. The Morgan fingerprint density at radius 2 is 2.08 bits per heavy atom. The van der Waals surface area contributed by atoms with Gasteiger partial charge >= 0.3 is 0 Å². The fourth-order valence-electron chi connectivity index (χ4n) is 3.47. The van der Waals surface area contributed by atoms with E-state index in [1.165, 1.54) is 11.3 Å². The number of carbonyl (C=O) groups excluding carboxylic acids is 2. The van der Waals surface area contributed by atoms with Crippen LogP contribution in [-0.2, 0) is 14.6 Å². The van der Waals surface area contributed by atoms with Crippen molar-refractivity contribution in [1.29, 1.82) is 0 Å². The average Bonchev–Trinajstić information content (AvgIpc) is 3.22. The Hall–Kier alpha value is -1.41. The highest BCUT2D eigenvalue weighted by Crippen LogP contribution is 2.25. The van der Waals surface area contributed by atoms with Gasteiger partial charge in [0.05, 0.1) is 16.4 Å². The molecule has 1 aromatic heterocycles. The third kappa shape index (κ3) is 3.49. The first kappa shape index (κ1) is 17.4. The van der Waals surface area contributed by atoms with E-state index in [0.29, 0.717) is 24.3 Å². The normalized spacial score (nSPS) is 26.3. The second-order valence-corrected chi connectivity index (χ2v) is 9.67. The summed E-state index contributed by atoms with van der Waals surface area (Å²) in [7, 11) is -1.38. The summed E-state index contributed by atoms with van der Waals surface area (Å²) in [5.41, 5.74) is 0. The Morgan fingerprint density at radius 3 is 2.71 bits per heavy atom. The number of hydrogen-bond acceptors (Lipinski definition) is 5. The summed E-state index contributed by atoms with van der Waals surface area (Å²) < 4.78 is 23.3. The monoisotopic (exact) mass is 370 g/mol. The predicted molar refractivity (Wildman–Crippen MR) is 92.8 cm³/mol. The third-order valence-corrected chi connectivity index (χ3v) is 7.49. The van der Waals surface area contributed by atoms with Crippen molar-refractivity contribution in [2.45, 2.75) is 37.8 Å². The molecule has 2 fully saturated rings. The lowest BCUT2D eigenvalue weighted by Gasteiger charge is -2.38. The number of likely N-dealkylation sites (tertiary alicyclic amines) is 1. The van der Waals surface area contributed by atoms with Gasteiger partial charge in [0.1, 0.15) is 6.04 Å². The molecular weight excluding hydrogens is 348 g/mol. The van der Waals surface area contributed by atoms with Gasteiger partial charge in [-0.3, -0.25) is 9.59 Å². The number of sulfone groups is 1. The fourth-order valence-corrected chi connectivity index (χ4v) is 5.92. The second kappa shape index (κ2) is 6.84. The summed E-state index contributed by atoms with van der Waals surface area (Å²) >= 11 is 1.38. The molecule has 1 aromatic rings. The average molecular weight is 370 g/mol. The van der Waals surface area contributed by atoms with Crippen LogP contribution in [0.4, 0.5) is 0 Å². The molecule has 3 rings (SSSR count). The third-order valence-electron chi connectivity index (χ3n) is 4.88. The molecule has 2 amide bonds. The van der Waals surface area contributed by atoms with Crippen molar-refractivity contribution in [1.82, 2.24) is 9.80 Å². The van der Waals surface area contributed by atoms with E-state index in [9.17, 15) is 18.0 Å². The number of piperidine rings is 1. The molecule has 24 heavy (non-hydrogen) atoms. The maximum Gasteiger partial charge on any atom is 0.264 e. The van der Waals surface area contributed by atoms with Gasteiger partial charge in [-0.15, -0.1) is 11.3 Å². The molecule has 0 saturated carbocycles. The number of carbonyl (C=O) groups is 2. The summed E-state index contributed by atoms with van der Waals surface area (Å²) in [6.45, 7) is 0.573. The molecule has 0 spiro atoms. The number of nitrogens with zero attached hydrogens (tertiary/aromatic N) is 2. The van der Waals surface area contributed by atoms with Crippen LogP contribution in [0.2, 0.25) is 0 Å². The van der Waals surface area contributed by atoms with Gasteiger partial charge in [0, 0.05) is 19.6 Å². The minimum absolute atomic E-state index is 0.0286. The van der Waals surface area contributed by atoms with Gasteiger partial charge in [-0.05, 0) is 37.1 Å². The maximum absolute atomic E-state index is 12.9. The van der Waals surface area contributed by atoms with Gasteiger partial charge < -0.3 is 9.80 Å². The van der Waals surface area contributed by atoms with E-state index in [4.69, 9.17) is 0 Å². The number of likely N-dealkylation sites (N-methyl/N-ethyl adjacent to an activating group) is 1. The zero-order valence-corrected chi connectivity index (χ0v) is 15.3. The Bertz CT molecular complexity index is 714. The smallest absolute Gasteiger partial charge is 0.264 e. The molecule has 0 bridgehead atoms. The van der Waals surface area contributed by atoms with Gasteiger partial charge in [0.2, 0.25) is 5.91 Å². The van der Waals surface area contributed by atoms with E-state index in [2.05, 4.69) is 0 Å². The summed E-state index contributed by atoms with van der Waals surface area (Å²) in [4.78, 5) is 29.5. The quantitative estimate of drug-likeness (QED) is 0.806. The molecule has 0 N–H and O–H groups in total. The van der Waals surface area contributed by atoms with Crippen LogP contribution in [0.5, 0.6) is 0 Å². The van der Waals surface area contributed by atoms with Crippen molar-refractivity contribution in [2.75, 3.05) is 25.1 Å². The van der Waals surface area contributed by atoms with Crippen LogP contribution >= 0.6 is 11.3 Å². The Morgan fingerprint density at radius 1 is 1.29 bits per heavy atom. The summed E-state index contributed by atoms with van der Waals surface area (Å²) in [6, 6.07) is 2.84. The van der Waals surface area contributed by atoms with E-state index in [-0.39, 0.29) is 29.4 Å². The Kier molecular flexibility index (Phi) is 4.96. The molecule has 8 heteroatoms. The van der Waals surface area contributed by atoms with Crippen molar-refractivity contribution in [3.05, 3.63) is 22.4 Å². The van der Waals surface area contributed by atoms with Gasteiger partial charge in [0.15, 0.2) is 9.84 Å². The molecule has 2 aliphatic rings. The molecule has 0 aromatic carbocycles. The van der Waals surface area contributed by atoms with E-state index in [1.54, 1.807) is 22.9 Å². The van der Waals surface area contributed by atoms with Gasteiger partial charge in [0.25, 0.3) is 5.91 Å². The van der Waals surface area contributed by atoms with E-state index in [1.807, 2.05) is 11.4 Å². The topological polar surface area (TPSA) is 74.8 Å². The first-order valence-electron chi connectivity index (χ1n) is 8.20. The van der Waals surface area contributed by atoms with Crippen LogP contribution in [0, 0.1) is 0 Å². The molecule has 2 saturated heterocycles. The number of amides is 2. The fraction of sp³-hybridized carbons (Fsp3) is 0.625. The minimum Gasteiger partial charge on any atom is -0.340 e. The van der Waals surface area contributed by atoms with Crippen molar-refractivity contribution in [3.63, 3.8) is 0 Å². The molecule has 3 heterocycles. The van der Waals surface area contributed by atoms with Crippen molar-refractivity contribution < 1.29 is 18.0 Å². The van der Waals surface area contributed by atoms with Crippen LogP contribution in [-0.4, -0.2) is 67.2 Å². The lowest BCUT2D eigenvalue weighted by Crippen LogP contribution is -2.54. The SMILES string of the molecule is CN(C(=O)C1CCCCN1C(=O)c1cccs1)C1CCS(=O)(=O)C1. The number of rotatable bonds is 3. The summed E-state index contributed by atoms with van der Waals surface area (Å²) in [6.07, 6.45) is 2.92. The molecule has 6 nitrogen and oxygen atoms in total. The van der Waals surface area contributed by atoms with E-state index < -0.39 is 15.9 Å². The summed E-state index contributed by atoms with van der Waals surface area (Å²) in [5.74, 6) is -0.0734. The molecule has 2 atom stereocenters. The van der Waals surface area contributed by atoms with E-state index >= 15 is 0 Å². The largest absolute Gasteiger partial charge is 0.340 e. The molecule has 2 aliphatic heterocycles. The summed E-state index contributed by atoms with van der Waals surface area (Å²) in [5, 5.41) is 1.85. The Labute approximate surface area is 146 Å². The standard InChI is InChI=1S/C16H22N2O4S2/c1-17(12-7-10-24(21,22)11-12)15(19)13-5-2-3-8-18(13)16(20)14-6-4-9-23-14/h4,6,9,12-13H,2-3,5,7-8,10-11H2,1H3. The number of thiophene rings is 1. The highest BCUT2D eigenvalue weighted by atomic mass is 32.2. The molecule has 2 unspecified atom stereocenters. The first-order valence-corrected chi connectivity index (χ1v) is 10.9. The zero-order chi connectivity index (χ0) is 17.3. The van der Waals surface area contributed by atoms with E-state index in [0.717, 1.165) is 12.8 Å². The van der Waals surface area contributed by atoms with Crippen molar-refractivity contribution >= 4 is 33.0 Å². The molecule has 132 valence electrons. The predicted octanol–water partition coefficient (Wildman–Crippen LogP) is 1.39. The van der Waals surface area contributed by atoms with Gasteiger partial charge in [-0.1, -0.05) is 6.07 Å². The first-order chi connectivity index (χ1) is 11.4. The lowest BCUT2D eigenvalue weighted by molar-refractivity contribution is -0.137. The van der Waals surface area contributed by atoms with Crippen molar-refractivity contribution in [3.8, 4) is 0 Å². The van der Waals surface area contributed by atoms with Crippen LogP contribution in [0.15, 0.2) is 17.5 Å². The molecular formula is C16H22N2O4S2. The Balaban J connectivity index is 1.75. The van der Waals surface area contributed by atoms with Gasteiger partial charge in [-0.2, -0.15) is 0 Å². The minimum atomic E-state index is -3.04. The molecule has 0 aliphatic carbocycles. The lowest BCUT2D eigenvalue weighted by atomic mass is 10.00.